The topological polar surface area (TPSA) is 63.0 Å². The van der Waals surface area contributed by atoms with Gasteiger partial charge in [0.1, 0.15) is 0 Å². The largest absolute Gasteiger partial charge is 0.393 e. The molecule has 1 aliphatic carbocycles. The van der Waals surface area contributed by atoms with Crippen molar-refractivity contribution in [1.82, 2.24) is 20.3 Å². The van der Waals surface area contributed by atoms with E-state index in [2.05, 4.69) is 15.6 Å². The summed E-state index contributed by atoms with van der Waals surface area (Å²) in [5.41, 5.74) is 1.10. The van der Waals surface area contributed by atoms with Gasteiger partial charge in [-0.25, -0.2) is 0 Å². The molecule has 1 aromatic heterocycles. The Morgan fingerprint density at radius 2 is 2.20 bits per heavy atom. The molecule has 0 radical (unpaired) electrons. The third-order valence-electron chi connectivity index (χ3n) is 3.08. The van der Waals surface area contributed by atoms with E-state index in [0.29, 0.717) is 6.04 Å². The van der Waals surface area contributed by atoms with Crippen molar-refractivity contribution >= 4 is 0 Å². The quantitative estimate of drug-likeness (QED) is 0.748. The van der Waals surface area contributed by atoms with Crippen LogP contribution < -0.4 is 5.32 Å². The maximum atomic E-state index is 9.37. The first kappa shape index (κ1) is 10.6. The van der Waals surface area contributed by atoms with Gasteiger partial charge in [0.2, 0.25) is 0 Å². The molecule has 0 amide bonds. The summed E-state index contributed by atoms with van der Waals surface area (Å²) in [7, 11) is 1.90. The molecular formula is C10H18N4O. The normalized spacial score (nSPS) is 26.8. The number of rotatable bonds is 3. The molecule has 1 saturated carbocycles. The van der Waals surface area contributed by atoms with E-state index in [1.807, 2.05) is 7.05 Å². The van der Waals surface area contributed by atoms with Gasteiger partial charge in [0.25, 0.3) is 0 Å². The van der Waals surface area contributed by atoms with Crippen molar-refractivity contribution in [3.05, 3.63) is 11.9 Å². The first-order valence-corrected chi connectivity index (χ1v) is 5.50. The van der Waals surface area contributed by atoms with Gasteiger partial charge < -0.3 is 10.4 Å². The lowest BCUT2D eigenvalue weighted by atomic mass is 9.93. The van der Waals surface area contributed by atoms with E-state index >= 15 is 0 Å². The number of aryl methyl sites for hydroxylation is 1. The fraction of sp³-hybridized carbons (Fsp3) is 0.800. The molecule has 0 aromatic carbocycles. The molecule has 1 aromatic rings. The Labute approximate surface area is 89.5 Å². The molecule has 0 aliphatic heterocycles. The molecule has 0 spiro atoms. The maximum Gasteiger partial charge on any atom is 0.0738 e. The number of hydrogen-bond donors (Lipinski definition) is 2. The average Bonchev–Trinajstić information content (AvgIpc) is 2.63. The highest BCUT2D eigenvalue weighted by Crippen LogP contribution is 2.18. The monoisotopic (exact) mass is 210 g/mol. The van der Waals surface area contributed by atoms with Crippen LogP contribution in [0.15, 0.2) is 6.20 Å². The number of nitrogens with one attached hydrogen (secondary N) is 1. The number of aliphatic hydroxyl groups excluding tert-OH is 1. The van der Waals surface area contributed by atoms with Crippen molar-refractivity contribution < 1.29 is 5.11 Å². The zero-order chi connectivity index (χ0) is 10.7. The van der Waals surface area contributed by atoms with Crippen molar-refractivity contribution in [1.29, 1.82) is 0 Å². The lowest BCUT2D eigenvalue weighted by Crippen LogP contribution is -2.34. The molecule has 0 unspecified atom stereocenters. The van der Waals surface area contributed by atoms with E-state index in [0.717, 1.165) is 37.9 Å². The van der Waals surface area contributed by atoms with Crippen molar-refractivity contribution in [3.8, 4) is 0 Å². The van der Waals surface area contributed by atoms with Gasteiger partial charge in [-0.2, -0.15) is 0 Å². The minimum Gasteiger partial charge on any atom is -0.393 e. The minimum absolute atomic E-state index is 0.0820. The fourth-order valence-electron chi connectivity index (χ4n) is 2.00. The van der Waals surface area contributed by atoms with Gasteiger partial charge in [-0.05, 0) is 25.7 Å². The number of aliphatic hydroxyl groups is 1. The van der Waals surface area contributed by atoms with Crippen molar-refractivity contribution in [2.75, 3.05) is 0 Å². The van der Waals surface area contributed by atoms with Gasteiger partial charge in [0, 0.05) is 19.6 Å². The Balaban J connectivity index is 1.77. The molecule has 0 saturated heterocycles. The first-order chi connectivity index (χ1) is 7.25. The Bertz CT molecular complexity index is 304. The standard InChI is InChI=1S/C10H18N4O/c1-14-9(7-12-13-14)6-11-8-2-4-10(15)5-3-8/h7-8,10-11,15H,2-6H2,1H3. The van der Waals surface area contributed by atoms with Crippen LogP contribution in [-0.4, -0.2) is 32.2 Å². The molecule has 2 N–H and O–H groups in total. The summed E-state index contributed by atoms with van der Waals surface area (Å²) in [6.07, 6.45) is 5.66. The highest BCUT2D eigenvalue weighted by Gasteiger charge is 2.18. The molecule has 1 fully saturated rings. The Kier molecular flexibility index (Phi) is 3.33. The van der Waals surface area contributed by atoms with E-state index in [1.165, 1.54) is 0 Å². The zero-order valence-corrected chi connectivity index (χ0v) is 9.06. The smallest absolute Gasteiger partial charge is 0.0738 e. The van der Waals surface area contributed by atoms with Gasteiger partial charge in [0.15, 0.2) is 0 Å². The Morgan fingerprint density at radius 1 is 1.47 bits per heavy atom. The second-order valence-corrected chi connectivity index (χ2v) is 4.24. The van der Waals surface area contributed by atoms with Crippen LogP contribution in [0.3, 0.4) is 0 Å². The third-order valence-corrected chi connectivity index (χ3v) is 3.08. The van der Waals surface area contributed by atoms with Crippen LogP contribution >= 0.6 is 0 Å². The number of hydrogen-bond acceptors (Lipinski definition) is 4. The third kappa shape index (κ3) is 2.76. The van der Waals surface area contributed by atoms with E-state index in [4.69, 9.17) is 0 Å². The summed E-state index contributed by atoms with van der Waals surface area (Å²) >= 11 is 0. The predicted octanol–water partition coefficient (Wildman–Crippen LogP) is 0.208. The van der Waals surface area contributed by atoms with Crippen LogP contribution in [0, 0.1) is 0 Å². The van der Waals surface area contributed by atoms with Gasteiger partial charge in [0.05, 0.1) is 18.0 Å². The lowest BCUT2D eigenvalue weighted by Gasteiger charge is -2.26. The zero-order valence-electron chi connectivity index (χ0n) is 9.06. The van der Waals surface area contributed by atoms with Crippen LogP contribution in [-0.2, 0) is 13.6 Å². The highest BCUT2D eigenvalue weighted by atomic mass is 16.3. The van der Waals surface area contributed by atoms with E-state index < -0.39 is 0 Å². The summed E-state index contributed by atoms with van der Waals surface area (Å²) in [5.74, 6) is 0. The van der Waals surface area contributed by atoms with Gasteiger partial charge >= 0.3 is 0 Å². The summed E-state index contributed by atoms with van der Waals surface area (Å²) in [6.45, 7) is 0.810. The van der Waals surface area contributed by atoms with Gasteiger partial charge in [-0.15, -0.1) is 5.10 Å². The molecule has 15 heavy (non-hydrogen) atoms. The van der Waals surface area contributed by atoms with Gasteiger partial charge in [-0.3, -0.25) is 4.68 Å². The molecule has 2 rings (SSSR count). The molecule has 5 heteroatoms. The van der Waals surface area contributed by atoms with Crippen LogP contribution in [0.1, 0.15) is 31.4 Å². The molecule has 1 heterocycles. The molecule has 1 aliphatic rings. The SMILES string of the molecule is Cn1nncc1CNC1CCC(O)CC1. The molecule has 0 atom stereocenters. The maximum absolute atomic E-state index is 9.37. The van der Waals surface area contributed by atoms with Crippen LogP contribution in [0.25, 0.3) is 0 Å². The van der Waals surface area contributed by atoms with Crippen molar-refractivity contribution in [3.63, 3.8) is 0 Å². The van der Waals surface area contributed by atoms with E-state index in [-0.39, 0.29) is 6.10 Å². The Hall–Kier alpha value is -0.940. The minimum atomic E-state index is -0.0820. The second kappa shape index (κ2) is 4.72. The summed E-state index contributed by atoms with van der Waals surface area (Å²) in [4.78, 5) is 0. The highest BCUT2D eigenvalue weighted by molar-refractivity contribution is 4.93. The van der Waals surface area contributed by atoms with E-state index in [1.54, 1.807) is 10.9 Å². The summed E-state index contributed by atoms with van der Waals surface area (Å²) < 4.78 is 1.78. The van der Waals surface area contributed by atoms with Crippen molar-refractivity contribution in [2.45, 2.75) is 44.4 Å². The lowest BCUT2D eigenvalue weighted by molar-refractivity contribution is 0.116. The van der Waals surface area contributed by atoms with Crippen LogP contribution in [0.5, 0.6) is 0 Å². The van der Waals surface area contributed by atoms with Crippen molar-refractivity contribution in [2.24, 2.45) is 7.05 Å². The molecule has 0 bridgehead atoms. The second-order valence-electron chi connectivity index (χ2n) is 4.24. The predicted molar refractivity (Wildman–Crippen MR) is 56.1 cm³/mol. The summed E-state index contributed by atoms with van der Waals surface area (Å²) in [6, 6.07) is 0.531. The molecular weight excluding hydrogens is 192 g/mol. The number of aromatic nitrogens is 3. The first-order valence-electron chi connectivity index (χ1n) is 5.50. The Morgan fingerprint density at radius 3 is 2.80 bits per heavy atom. The molecule has 5 nitrogen and oxygen atoms in total. The van der Waals surface area contributed by atoms with Gasteiger partial charge in [-0.1, -0.05) is 5.21 Å². The van der Waals surface area contributed by atoms with Crippen LogP contribution in [0.2, 0.25) is 0 Å². The summed E-state index contributed by atoms with van der Waals surface area (Å²) in [5, 5.41) is 20.6. The average molecular weight is 210 g/mol. The van der Waals surface area contributed by atoms with Crippen LogP contribution in [0.4, 0.5) is 0 Å². The number of nitrogens with zero attached hydrogens (tertiary/aromatic N) is 3. The van der Waals surface area contributed by atoms with E-state index in [9.17, 15) is 5.11 Å². The fourth-order valence-corrected chi connectivity index (χ4v) is 2.00. The molecule has 84 valence electrons.